The van der Waals surface area contributed by atoms with Crippen molar-refractivity contribution in [1.82, 2.24) is 0 Å². The van der Waals surface area contributed by atoms with Crippen molar-refractivity contribution in [3.8, 4) is 0 Å². The van der Waals surface area contributed by atoms with Crippen molar-refractivity contribution in [2.45, 2.75) is 31.3 Å². The number of alkyl halides is 1. The van der Waals surface area contributed by atoms with Gasteiger partial charge < -0.3 is 4.74 Å². The van der Waals surface area contributed by atoms with Gasteiger partial charge in [0.15, 0.2) is 0 Å². The van der Waals surface area contributed by atoms with Crippen molar-refractivity contribution in [2.24, 2.45) is 0 Å². The molecule has 0 atom stereocenters. The standard InChI is InChI=1S/C8H13ClO2/c1-11-8(3-2-4-8)5-7(10)6-9/h2-6H2,1H3. The molecule has 1 aliphatic carbocycles. The second-order valence-electron chi connectivity index (χ2n) is 3.09. The molecule has 0 bridgehead atoms. The summed E-state index contributed by atoms with van der Waals surface area (Å²) in [7, 11) is 1.67. The first-order valence-electron chi connectivity index (χ1n) is 3.85. The van der Waals surface area contributed by atoms with E-state index in [9.17, 15) is 4.79 Å². The largest absolute Gasteiger partial charge is 0.378 e. The number of hydrogen-bond acceptors (Lipinski definition) is 2. The van der Waals surface area contributed by atoms with Crippen molar-refractivity contribution >= 4 is 17.4 Å². The highest BCUT2D eigenvalue weighted by Crippen LogP contribution is 2.38. The number of carbonyl (C=O) groups is 1. The molecule has 0 amide bonds. The van der Waals surface area contributed by atoms with Gasteiger partial charge in [0.05, 0.1) is 11.5 Å². The summed E-state index contributed by atoms with van der Waals surface area (Å²) >= 11 is 5.39. The Bertz CT molecular complexity index is 147. The van der Waals surface area contributed by atoms with Crippen LogP contribution in [0, 0.1) is 0 Å². The zero-order valence-corrected chi connectivity index (χ0v) is 7.49. The molecule has 0 heterocycles. The fourth-order valence-corrected chi connectivity index (χ4v) is 1.53. The number of hydrogen-bond donors (Lipinski definition) is 0. The molecule has 0 aromatic rings. The molecule has 64 valence electrons. The Morgan fingerprint density at radius 3 is 2.55 bits per heavy atom. The van der Waals surface area contributed by atoms with Gasteiger partial charge in [0.1, 0.15) is 5.78 Å². The molecular weight excluding hydrogens is 164 g/mol. The molecule has 11 heavy (non-hydrogen) atoms. The van der Waals surface area contributed by atoms with E-state index in [4.69, 9.17) is 16.3 Å². The Morgan fingerprint density at radius 1 is 1.64 bits per heavy atom. The van der Waals surface area contributed by atoms with Crippen molar-refractivity contribution in [2.75, 3.05) is 13.0 Å². The SMILES string of the molecule is COC1(CC(=O)CCl)CCC1. The predicted molar refractivity (Wildman–Crippen MR) is 43.9 cm³/mol. The highest BCUT2D eigenvalue weighted by atomic mass is 35.5. The minimum atomic E-state index is -0.147. The number of ether oxygens (including phenoxy) is 1. The van der Waals surface area contributed by atoms with E-state index in [2.05, 4.69) is 0 Å². The predicted octanol–water partition coefficient (Wildman–Crippen LogP) is 1.75. The van der Waals surface area contributed by atoms with Crippen LogP contribution >= 0.6 is 11.6 Å². The van der Waals surface area contributed by atoms with E-state index in [1.807, 2.05) is 0 Å². The first-order valence-corrected chi connectivity index (χ1v) is 4.39. The van der Waals surface area contributed by atoms with E-state index in [0.29, 0.717) is 6.42 Å². The molecule has 1 fully saturated rings. The number of methoxy groups -OCH3 is 1. The minimum Gasteiger partial charge on any atom is -0.378 e. The summed E-state index contributed by atoms with van der Waals surface area (Å²) < 4.78 is 5.27. The first kappa shape index (κ1) is 9.01. The number of rotatable bonds is 4. The van der Waals surface area contributed by atoms with Crippen LogP contribution in [0.3, 0.4) is 0 Å². The van der Waals surface area contributed by atoms with E-state index in [1.54, 1.807) is 7.11 Å². The Hall–Kier alpha value is -0.0800. The Kier molecular flexibility index (Phi) is 2.90. The van der Waals surface area contributed by atoms with Crippen LogP contribution in [-0.2, 0) is 9.53 Å². The molecule has 0 spiro atoms. The summed E-state index contributed by atoms with van der Waals surface area (Å²) in [6, 6.07) is 0. The molecule has 3 heteroatoms. The molecule has 0 aliphatic heterocycles. The maximum Gasteiger partial charge on any atom is 0.150 e. The smallest absolute Gasteiger partial charge is 0.150 e. The highest BCUT2D eigenvalue weighted by molar-refractivity contribution is 6.27. The van der Waals surface area contributed by atoms with Crippen molar-refractivity contribution in [1.29, 1.82) is 0 Å². The normalized spacial score (nSPS) is 20.9. The molecule has 0 unspecified atom stereocenters. The van der Waals surface area contributed by atoms with Crippen LogP contribution < -0.4 is 0 Å². The fourth-order valence-electron chi connectivity index (χ4n) is 1.43. The van der Waals surface area contributed by atoms with Crippen LogP contribution in [0.2, 0.25) is 0 Å². The van der Waals surface area contributed by atoms with Crippen LogP contribution in [0.1, 0.15) is 25.7 Å². The summed E-state index contributed by atoms with van der Waals surface area (Å²) in [5.41, 5.74) is -0.147. The lowest BCUT2D eigenvalue weighted by molar-refractivity contribution is -0.129. The maximum absolute atomic E-state index is 11.0. The van der Waals surface area contributed by atoms with E-state index < -0.39 is 0 Å². The van der Waals surface area contributed by atoms with Gasteiger partial charge in [-0.2, -0.15) is 0 Å². The zero-order valence-electron chi connectivity index (χ0n) is 6.73. The monoisotopic (exact) mass is 176 g/mol. The third-order valence-corrected chi connectivity index (χ3v) is 2.66. The lowest BCUT2D eigenvalue weighted by Gasteiger charge is -2.39. The summed E-state index contributed by atoms with van der Waals surface area (Å²) in [6.45, 7) is 0. The van der Waals surface area contributed by atoms with Gasteiger partial charge in [-0.25, -0.2) is 0 Å². The van der Waals surface area contributed by atoms with Gasteiger partial charge in [0, 0.05) is 13.5 Å². The molecule has 0 N–H and O–H groups in total. The topological polar surface area (TPSA) is 26.3 Å². The number of Topliss-reactive ketones (excluding diaryl/α,β-unsaturated/α-hetero) is 1. The number of halogens is 1. The average molecular weight is 177 g/mol. The van der Waals surface area contributed by atoms with Crippen molar-refractivity contribution in [3.63, 3.8) is 0 Å². The molecular formula is C8H13ClO2. The van der Waals surface area contributed by atoms with Crippen LogP contribution in [0.4, 0.5) is 0 Å². The van der Waals surface area contributed by atoms with Gasteiger partial charge in [-0.05, 0) is 19.3 Å². The van der Waals surface area contributed by atoms with Gasteiger partial charge in [-0.3, -0.25) is 4.79 Å². The molecule has 1 aliphatic rings. The third kappa shape index (κ3) is 1.94. The molecule has 1 saturated carbocycles. The van der Waals surface area contributed by atoms with Crippen molar-refractivity contribution in [3.05, 3.63) is 0 Å². The van der Waals surface area contributed by atoms with Crippen molar-refractivity contribution < 1.29 is 9.53 Å². The van der Waals surface area contributed by atoms with E-state index in [1.165, 1.54) is 6.42 Å². The average Bonchev–Trinajstić information content (AvgIpc) is 1.96. The molecule has 0 radical (unpaired) electrons. The van der Waals surface area contributed by atoms with Crippen LogP contribution in [-0.4, -0.2) is 24.4 Å². The lowest BCUT2D eigenvalue weighted by Crippen LogP contribution is -2.41. The van der Waals surface area contributed by atoms with Crippen LogP contribution in [0.15, 0.2) is 0 Å². The minimum absolute atomic E-state index is 0.0909. The Balaban J connectivity index is 2.38. The van der Waals surface area contributed by atoms with Gasteiger partial charge >= 0.3 is 0 Å². The highest BCUT2D eigenvalue weighted by Gasteiger charge is 2.38. The van der Waals surface area contributed by atoms with E-state index in [0.717, 1.165) is 12.8 Å². The maximum atomic E-state index is 11.0. The van der Waals surface area contributed by atoms with E-state index >= 15 is 0 Å². The summed E-state index contributed by atoms with van der Waals surface area (Å²) in [5.74, 6) is 0.207. The van der Waals surface area contributed by atoms with Gasteiger partial charge in [0.2, 0.25) is 0 Å². The zero-order chi connectivity index (χ0) is 8.32. The molecule has 0 aromatic heterocycles. The van der Waals surface area contributed by atoms with Crippen LogP contribution in [0.25, 0.3) is 0 Å². The molecule has 0 saturated heterocycles. The lowest BCUT2D eigenvalue weighted by atomic mass is 9.77. The van der Waals surface area contributed by atoms with E-state index in [-0.39, 0.29) is 17.3 Å². The van der Waals surface area contributed by atoms with Crippen LogP contribution in [0.5, 0.6) is 0 Å². The molecule has 0 aromatic carbocycles. The molecule has 2 nitrogen and oxygen atoms in total. The summed E-state index contributed by atoms with van der Waals surface area (Å²) in [6.07, 6.45) is 3.68. The summed E-state index contributed by atoms with van der Waals surface area (Å²) in [5, 5.41) is 0. The Morgan fingerprint density at radius 2 is 2.27 bits per heavy atom. The first-order chi connectivity index (χ1) is 5.22. The molecule has 1 rings (SSSR count). The van der Waals surface area contributed by atoms with Gasteiger partial charge in [-0.15, -0.1) is 11.6 Å². The second-order valence-corrected chi connectivity index (χ2v) is 3.36. The third-order valence-electron chi connectivity index (χ3n) is 2.37. The van der Waals surface area contributed by atoms with Gasteiger partial charge in [-0.1, -0.05) is 0 Å². The van der Waals surface area contributed by atoms with Gasteiger partial charge in [0.25, 0.3) is 0 Å². The summed E-state index contributed by atoms with van der Waals surface area (Å²) in [4.78, 5) is 11.0. The Labute approximate surface area is 71.9 Å². The second kappa shape index (κ2) is 3.55. The quantitative estimate of drug-likeness (QED) is 0.611. The number of ketones is 1. The number of carbonyl (C=O) groups excluding carboxylic acids is 1. The fraction of sp³-hybridized carbons (Fsp3) is 0.875.